The molecular weight excluding hydrogens is 210 g/mol. The molecule has 1 aromatic carbocycles. The van der Waals surface area contributed by atoms with Gasteiger partial charge in [-0.15, -0.1) is 0 Å². The monoisotopic (exact) mass is 227 g/mol. The van der Waals surface area contributed by atoms with Crippen LogP contribution in [0.4, 0.5) is 0 Å². The molecular formula is C14H17N3. The minimum Gasteiger partial charge on any atom is -0.308 e. The van der Waals surface area contributed by atoms with Gasteiger partial charge in [-0.3, -0.25) is 0 Å². The summed E-state index contributed by atoms with van der Waals surface area (Å²) in [5.74, 6) is 0. The zero-order chi connectivity index (χ0) is 12.3. The fourth-order valence-corrected chi connectivity index (χ4v) is 1.86. The summed E-state index contributed by atoms with van der Waals surface area (Å²) in [7, 11) is 1.92. The van der Waals surface area contributed by atoms with E-state index in [2.05, 4.69) is 17.0 Å². The van der Waals surface area contributed by atoms with E-state index in [1.807, 2.05) is 61.2 Å². The Kier molecular flexibility index (Phi) is 3.40. The number of nitrogens with zero attached hydrogens (tertiary/aromatic N) is 2. The smallest absolute Gasteiger partial charge is 0.0840 e. The van der Waals surface area contributed by atoms with Crippen LogP contribution in [0, 0.1) is 0 Å². The first kappa shape index (κ1) is 11.6. The maximum absolute atomic E-state index is 4.57. The molecule has 0 aliphatic rings. The molecule has 88 valence electrons. The largest absolute Gasteiger partial charge is 0.308 e. The standard InChI is InChI=1S/C14H17N3/c1-11(2)14(15-3)13-9-10-17(16-13)12-7-5-4-6-8-12/h4-10,14-15H,1H2,2-3H3. The van der Waals surface area contributed by atoms with Crippen molar-refractivity contribution in [2.24, 2.45) is 0 Å². The van der Waals surface area contributed by atoms with Crippen molar-refractivity contribution in [1.82, 2.24) is 15.1 Å². The van der Waals surface area contributed by atoms with Crippen molar-refractivity contribution < 1.29 is 0 Å². The molecule has 1 aromatic heterocycles. The molecule has 0 fully saturated rings. The van der Waals surface area contributed by atoms with E-state index < -0.39 is 0 Å². The second kappa shape index (κ2) is 4.97. The maximum atomic E-state index is 4.57. The number of hydrogen-bond acceptors (Lipinski definition) is 2. The minimum atomic E-state index is 0.111. The summed E-state index contributed by atoms with van der Waals surface area (Å²) in [5.41, 5.74) is 3.12. The number of likely N-dealkylation sites (N-methyl/N-ethyl adjacent to an activating group) is 1. The normalized spacial score (nSPS) is 12.4. The van der Waals surface area contributed by atoms with Gasteiger partial charge < -0.3 is 5.32 Å². The van der Waals surface area contributed by atoms with E-state index >= 15 is 0 Å². The summed E-state index contributed by atoms with van der Waals surface area (Å²) in [6, 6.07) is 12.2. The lowest BCUT2D eigenvalue weighted by molar-refractivity contribution is 0.647. The first-order valence-corrected chi connectivity index (χ1v) is 5.66. The highest BCUT2D eigenvalue weighted by Crippen LogP contribution is 2.18. The van der Waals surface area contributed by atoms with Crippen LogP contribution >= 0.6 is 0 Å². The number of para-hydroxylation sites is 1. The van der Waals surface area contributed by atoms with Crippen molar-refractivity contribution in [3.05, 3.63) is 60.4 Å². The van der Waals surface area contributed by atoms with Gasteiger partial charge in [0.15, 0.2) is 0 Å². The van der Waals surface area contributed by atoms with Crippen LogP contribution in [-0.2, 0) is 0 Å². The van der Waals surface area contributed by atoms with E-state index in [0.717, 1.165) is 17.0 Å². The number of hydrogen-bond donors (Lipinski definition) is 1. The Balaban J connectivity index is 2.30. The minimum absolute atomic E-state index is 0.111. The van der Waals surface area contributed by atoms with Gasteiger partial charge in [-0.05, 0) is 32.2 Å². The van der Waals surface area contributed by atoms with Gasteiger partial charge >= 0.3 is 0 Å². The highest BCUT2D eigenvalue weighted by atomic mass is 15.3. The van der Waals surface area contributed by atoms with Crippen LogP contribution in [0.25, 0.3) is 5.69 Å². The Morgan fingerprint density at radius 1 is 1.29 bits per heavy atom. The third kappa shape index (κ3) is 2.45. The molecule has 0 aliphatic heterocycles. The molecule has 0 spiro atoms. The quantitative estimate of drug-likeness (QED) is 0.814. The van der Waals surface area contributed by atoms with Crippen molar-refractivity contribution in [2.75, 3.05) is 7.05 Å². The fourth-order valence-electron chi connectivity index (χ4n) is 1.86. The molecule has 1 heterocycles. The van der Waals surface area contributed by atoms with E-state index in [4.69, 9.17) is 0 Å². The summed E-state index contributed by atoms with van der Waals surface area (Å²) >= 11 is 0. The van der Waals surface area contributed by atoms with E-state index in [1.165, 1.54) is 0 Å². The van der Waals surface area contributed by atoms with Gasteiger partial charge in [-0.25, -0.2) is 4.68 Å². The average Bonchev–Trinajstić information content (AvgIpc) is 2.80. The lowest BCUT2D eigenvalue weighted by atomic mass is 10.1. The number of rotatable bonds is 4. The Hall–Kier alpha value is -1.87. The summed E-state index contributed by atoms with van der Waals surface area (Å²) in [4.78, 5) is 0. The van der Waals surface area contributed by atoms with Crippen molar-refractivity contribution in [1.29, 1.82) is 0 Å². The van der Waals surface area contributed by atoms with Crippen LogP contribution in [0.15, 0.2) is 54.7 Å². The first-order chi connectivity index (χ1) is 8.22. The molecule has 1 unspecified atom stereocenters. The molecule has 0 saturated heterocycles. The Morgan fingerprint density at radius 2 is 2.00 bits per heavy atom. The molecule has 2 rings (SSSR count). The molecule has 3 nitrogen and oxygen atoms in total. The maximum Gasteiger partial charge on any atom is 0.0840 e. The summed E-state index contributed by atoms with van der Waals surface area (Å²) in [6.07, 6.45) is 1.97. The second-order valence-corrected chi connectivity index (χ2v) is 4.09. The number of aromatic nitrogens is 2. The number of nitrogens with one attached hydrogen (secondary N) is 1. The van der Waals surface area contributed by atoms with Crippen LogP contribution in [-0.4, -0.2) is 16.8 Å². The van der Waals surface area contributed by atoms with Gasteiger partial charge in [0.05, 0.1) is 17.4 Å². The highest BCUT2D eigenvalue weighted by molar-refractivity contribution is 5.31. The van der Waals surface area contributed by atoms with Gasteiger partial charge in [-0.2, -0.15) is 5.10 Å². The molecule has 0 radical (unpaired) electrons. The van der Waals surface area contributed by atoms with E-state index in [0.29, 0.717) is 0 Å². The van der Waals surface area contributed by atoms with Crippen molar-refractivity contribution in [2.45, 2.75) is 13.0 Å². The zero-order valence-electron chi connectivity index (χ0n) is 10.2. The van der Waals surface area contributed by atoms with Gasteiger partial charge in [0.2, 0.25) is 0 Å². The van der Waals surface area contributed by atoms with Crippen LogP contribution in [0.5, 0.6) is 0 Å². The van der Waals surface area contributed by atoms with Crippen LogP contribution < -0.4 is 5.32 Å². The predicted molar refractivity (Wildman–Crippen MR) is 70.2 cm³/mol. The Labute approximate surface area is 102 Å². The van der Waals surface area contributed by atoms with Crippen LogP contribution in [0.1, 0.15) is 18.7 Å². The fraction of sp³-hybridized carbons (Fsp3) is 0.214. The zero-order valence-corrected chi connectivity index (χ0v) is 10.2. The Bertz CT molecular complexity index is 499. The third-order valence-corrected chi connectivity index (χ3v) is 2.71. The molecule has 0 aliphatic carbocycles. The molecule has 1 N–H and O–H groups in total. The van der Waals surface area contributed by atoms with E-state index in [9.17, 15) is 0 Å². The molecule has 1 atom stereocenters. The predicted octanol–water partition coefficient (Wildman–Crippen LogP) is 2.71. The molecule has 0 amide bonds. The number of benzene rings is 1. The molecule has 3 heteroatoms. The topological polar surface area (TPSA) is 29.9 Å². The van der Waals surface area contributed by atoms with Crippen molar-refractivity contribution in [3.8, 4) is 5.69 Å². The van der Waals surface area contributed by atoms with E-state index in [-0.39, 0.29) is 6.04 Å². The second-order valence-electron chi connectivity index (χ2n) is 4.09. The molecule has 2 aromatic rings. The van der Waals surface area contributed by atoms with Crippen LogP contribution in [0.3, 0.4) is 0 Å². The van der Waals surface area contributed by atoms with Crippen LogP contribution in [0.2, 0.25) is 0 Å². The Morgan fingerprint density at radius 3 is 2.59 bits per heavy atom. The van der Waals surface area contributed by atoms with Crippen molar-refractivity contribution >= 4 is 0 Å². The SMILES string of the molecule is C=C(C)C(NC)c1ccn(-c2ccccc2)n1. The highest BCUT2D eigenvalue weighted by Gasteiger charge is 2.12. The first-order valence-electron chi connectivity index (χ1n) is 5.66. The molecule has 0 saturated carbocycles. The molecule has 17 heavy (non-hydrogen) atoms. The average molecular weight is 227 g/mol. The van der Waals surface area contributed by atoms with Gasteiger partial charge in [-0.1, -0.05) is 30.4 Å². The summed E-state index contributed by atoms with van der Waals surface area (Å²) in [6.45, 7) is 5.98. The van der Waals surface area contributed by atoms with Gasteiger partial charge in [0.25, 0.3) is 0 Å². The van der Waals surface area contributed by atoms with Gasteiger partial charge in [0, 0.05) is 6.20 Å². The summed E-state index contributed by atoms with van der Waals surface area (Å²) < 4.78 is 1.88. The lowest BCUT2D eigenvalue weighted by Gasteiger charge is -2.13. The van der Waals surface area contributed by atoms with Gasteiger partial charge in [0.1, 0.15) is 0 Å². The molecule has 0 bridgehead atoms. The summed E-state index contributed by atoms with van der Waals surface area (Å²) in [5, 5.41) is 7.77. The third-order valence-electron chi connectivity index (χ3n) is 2.71. The van der Waals surface area contributed by atoms with E-state index in [1.54, 1.807) is 0 Å². The lowest BCUT2D eigenvalue weighted by Crippen LogP contribution is -2.17. The van der Waals surface area contributed by atoms with Crippen molar-refractivity contribution in [3.63, 3.8) is 0 Å².